The molecule has 2 nitrogen and oxygen atoms in total. The number of aryl methyl sites for hydroxylation is 2. The van der Waals surface area contributed by atoms with E-state index in [2.05, 4.69) is 6.07 Å². The van der Waals surface area contributed by atoms with Crippen LogP contribution in [0.4, 0.5) is 0 Å². The summed E-state index contributed by atoms with van der Waals surface area (Å²) in [5.41, 5.74) is 3.05. The van der Waals surface area contributed by atoms with Crippen LogP contribution < -0.4 is 0 Å². The van der Waals surface area contributed by atoms with Crippen molar-refractivity contribution in [1.29, 1.82) is 0 Å². The molecular weight excluding hydrogens is 162 g/mol. The van der Waals surface area contributed by atoms with Crippen molar-refractivity contribution in [3.05, 3.63) is 35.5 Å². The van der Waals surface area contributed by atoms with Crippen LogP contribution in [-0.4, -0.2) is 10.9 Å². The van der Waals surface area contributed by atoms with Gasteiger partial charge in [-0.15, -0.1) is 0 Å². The Morgan fingerprint density at radius 1 is 1.38 bits per heavy atom. The molecule has 0 aliphatic heterocycles. The van der Waals surface area contributed by atoms with Crippen molar-refractivity contribution in [3.63, 3.8) is 0 Å². The van der Waals surface area contributed by atoms with Gasteiger partial charge in [0.2, 0.25) is 0 Å². The van der Waals surface area contributed by atoms with Gasteiger partial charge < -0.3 is 4.57 Å². The van der Waals surface area contributed by atoms with Gasteiger partial charge in [-0.1, -0.05) is 11.6 Å². The molecule has 0 atom stereocenters. The van der Waals surface area contributed by atoms with E-state index in [4.69, 9.17) is 0 Å². The molecule has 0 N–H and O–H groups in total. The number of fused-ring (bicyclic) bond motifs is 1. The quantitative estimate of drug-likeness (QED) is 0.606. The summed E-state index contributed by atoms with van der Waals surface area (Å²) in [5.74, 6) is 0. The lowest BCUT2D eigenvalue weighted by molar-refractivity contribution is 0.112. The van der Waals surface area contributed by atoms with Crippen molar-refractivity contribution >= 4 is 17.2 Å². The Hall–Kier alpha value is -1.57. The van der Waals surface area contributed by atoms with Crippen molar-refractivity contribution < 1.29 is 4.79 Å². The predicted molar refractivity (Wildman–Crippen MR) is 53.0 cm³/mol. The average molecular weight is 173 g/mol. The number of aromatic nitrogens is 1. The van der Waals surface area contributed by atoms with Gasteiger partial charge in [-0.25, -0.2) is 0 Å². The molecule has 0 spiro atoms. The first-order valence-electron chi connectivity index (χ1n) is 4.23. The second kappa shape index (κ2) is 2.73. The van der Waals surface area contributed by atoms with Crippen molar-refractivity contribution in [2.24, 2.45) is 7.05 Å². The van der Waals surface area contributed by atoms with Crippen LogP contribution >= 0.6 is 0 Å². The van der Waals surface area contributed by atoms with Crippen LogP contribution in [0.5, 0.6) is 0 Å². The van der Waals surface area contributed by atoms with E-state index in [9.17, 15) is 4.79 Å². The minimum Gasteiger partial charge on any atom is -0.350 e. The molecule has 0 aliphatic carbocycles. The Kier molecular flexibility index (Phi) is 1.69. The van der Waals surface area contributed by atoms with Crippen LogP contribution in [0, 0.1) is 6.92 Å². The van der Waals surface area contributed by atoms with Crippen LogP contribution in [-0.2, 0) is 7.05 Å². The van der Waals surface area contributed by atoms with Crippen molar-refractivity contribution in [2.45, 2.75) is 6.92 Å². The van der Waals surface area contributed by atoms with E-state index in [1.165, 1.54) is 5.56 Å². The van der Waals surface area contributed by atoms with Crippen LogP contribution in [0.15, 0.2) is 24.4 Å². The topological polar surface area (TPSA) is 22.0 Å². The van der Waals surface area contributed by atoms with Gasteiger partial charge in [-0.05, 0) is 19.1 Å². The number of aldehydes is 1. The van der Waals surface area contributed by atoms with Crippen LogP contribution in [0.2, 0.25) is 0 Å². The maximum Gasteiger partial charge on any atom is 0.152 e. The Balaban J connectivity index is 2.89. The second-order valence-electron chi connectivity index (χ2n) is 3.33. The van der Waals surface area contributed by atoms with E-state index >= 15 is 0 Å². The number of hydrogen-bond acceptors (Lipinski definition) is 1. The minimum absolute atomic E-state index is 0.765. The maximum atomic E-state index is 10.7. The molecule has 66 valence electrons. The van der Waals surface area contributed by atoms with E-state index in [0.29, 0.717) is 0 Å². The largest absolute Gasteiger partial charge is 0.350 e. The zero-order valence-electron chi connectivity index (χ0n) is 7.74. The van der Waals surface area contributed by atoms with Gasteiger partial charge in [-0.3, -0.25) is 4.79 Å². The van der Waals surface area contributed by atoms with E-state index in [0.717, 1.165) is 22.8 Å². The summed E-state index contributed by atoms with van der Waals surface area (Å²) in [5, 5.41) is 1.04. The van der Waals surface area contributed by atoms with Gasteiger partial charge in [0.1, 0.15) is 0 Å². The van der Waals surface area contributed by atoms with Crippen LogP contribution in [0.25, 0.3) is 10.9 Å². The highest BCUT2D eigenvalue weighted by Crippen LogP contribution is 2.20. The molecule has 0 saturated heterocycles. The number of nitrogens with zero attached hydrogens (tertiary/aromatic N) is 1. The number of benzene rings is 1. The summed E-state index contributed by atoms with van der Waals surface area (Å²) in [4.78, 5) is 10.7. The molecule has 2 rings (SSSR count). The second-order valence-corrected chi connectivity index (χ2v) is 3.33. The fraction of sp³-hybridized carbons (Fsp3) is 0.182. The molecule has 2 heteroatoms. The van der Waals surface area contributed by atoms with Gasteiger partial charge in [0.05, 0.1) is 0 Å². The molecule has 0 unspecified atom stereocenters. The average Bonchev–Trinajstić information content (AvgIpc) is 2.42. The third-order valence-corrected chi connectivity index (χ3v) is 2.30. The van der Waals surface area contributed by atoms with Crippen LogP contribution in [0.3, 0.4) is 0 Å². The lowest BCUT2D eigenvalue weighted by Gasteiger charge is -1.96. The molecule has 13 heavy (non-hydrogen) atoms. The van der Waals surface area contributed by atoms with Crippen molar-refractivity contribution in [1.82, 2.24) is 4.57 Å². The van der Waals surface area contributed by atoms with Gasteiger partial charge in [0.15, 0.2) is 6.29 Å². The predicted octanol–water partition coefficient (Wildman–Crippen LogP) is 2.30. The maximum absolute atomic E-state index is 10.7. The molecule has 0 fully saturated rings. The molecule has 0 radical (unpaired) electrons. The lowest BCUT2D eigenvalue weighted by atomic mass is 10.1. The summed E-state index contributed by atoms with van der Waals surface area (Å²) in [6.45, 7) is 2.03. The molecule has 1 heterocycles. The first-order chi connectivity index (χ1) is 6.22. The summed E-state index contributed by atoms with van der Waals surface area (Å²) in [6.07, 6.45) is 2.76. The molecule has 0 aliphatic rings. The SMILES string of the molecule is Cc1ccc2c(c1)c(C=O)cn2C. The standard InChI is InChI=1S/C11H11NO/c1-8-3-4-11-10(5-8)9(7-13)6-12(11)2/h3-7H,1-2H3. The summed E-state index contributed by atoms with van der Waals surface area (Å²) >= 11 is 0. The summed E-state index contributed by atoms with van der Waals surface area (Å²) in [7, 11) is 1.95. The van der Waals surface area contributed by atoms with Gasteiger partial charge in [0, 0.05) is 29.7 Å². The Labute approximate surface area is 76.8 Å². The lowest BCUT2D eigenvalue weighted by Crippen LogP contribution is -1.82. The first-order valence-corrected chi connectivity index (χ1v) is 4.23. The van der Waals surface area contributed by atoms with Gasteiger partial charge in [-0.2, -0.15) is 0 Å². The van der Waals surface area contributed by atoms with E-state index in [1.54, 1.807) is 0 Å². The fourth-order valence-electron chi connectivity index (χ4n) is 1.63. The third-order valence-electron chi connectivity index (χ3n) is 2.30. The third kappa shape index (κ3) is 1.15. The Morgan fingerprint density at radius 3 is 2.85 bits per heavy atom. The van der Waals surface area contributed by atoms with E-state index in [1.807, 2.05) is 36.9 Å². The molecule has 1 aromatic heterocycles. The monoisotopic (exact) mass is 173 g/mol. The first kappa shape index (κ1) is 8.05. The highest BCUT2D eigenvalue weighted by Gasteiger charge is 2.04. The minimum atomic E-state index is 0.765. The zero-order valence-corrected chi connectivity index (χ0v) is 7.74. The highest BCUT2D eigenvalue weighted by atomic mass is 16.1. The van der Waals surface area contributed by atoms with E-state index in [-0.39, 0.29) is 0 Å². The number of rotatable bonds is 1. The normalized spacial score (nSPS) is 10.6. The molecule has 0 bridgehead atoms. The number of carbonyl (C=O) groups excluding carboxylic acids is 1. The van der Waals surface area contributed by atoms with Gasteiger partial charge >= 0.3 is 0 Å². The smallest absolute Gasteiger partial charge is 0.152 e. The van der Waals surface area contributed by atoms with Crippen LogP contribution in [0.1, 0.15) is 15.9 Å². The van der Waals surface area contributed by atoms with Gasteiger partial charge in [0.25, 0.3) is 0 Å². The number of hydrogen-bond donors (Lipinski definition) is 0. The molecule has 2 aromatic rings. The molecule has 0 amide bonds. The van der Waals surface area contributed by atoms with Crippen molar-refractivity contribution in [3.8, 4) is 0 Å². The summed E-state index contributed by atoms with van der Waals surface area (Å²) in [6, 6.07) is 6.13. The Bertz CT molecular complexity index is 468. The van der Waals surface area contributed by atoms with Crippen molar-refractivity contribution in [2.75, 3.05) is 0 Å². The Morgan fingerprint density at radius 2 is 2.15 bits per heavy atom. The fourth-order valence-corrected chi connectivity index (χ4v) is 1.63. The number of carbonyl (C=O) groups is 1. The molecule has 0 saturated carbocycles. The van der Waals surface area contributed by atoms with E-state index < -0.39 is 0 Å². The molecule has 1 aromatic carbocycles. The zero-order chi connectivity index (χ0) is 9.42. The summed E-state index contributed by atoms with van der Waals surface area (Å²) < 4.78 is 1.97. The molecular formula is C11H11NO. The highest BCUT2D eigenvalue weighted by molar-refractivity contribution is 5.97.